The molecular formula is C6H13NO2. The molecule has 0 aromatic rings. The molecule has 1 fully saturated rings. The van der Waals surface area contributed by atoms with E-state index in [-0.39, 0.29) is 0 Å². The zero-order chi connectivity index (χ0) is 6.69. The van der Waals surface area contributed by atoms with Crippen LogP contribution in [0.3, 0.4) is 0 Å². The minimum Gasteiger partial charge on any atom is -0.390 e. The van der Waals surface area contributed by atoms with E-state index in [2.05, 4.69) is 5.32 Å². The van der Waals surface area contributed by atoms with Gasteiger partial charge in [-0.15, -0.1) is 0 Å². The highest BCUT2D eigenvalue weighted by atomic mass is 16.3. The normalized spacial score (nSPS) is 38.0. The molecule has 0 radical (unpaired) electrons. The SMILES string of the molecule is OC1CNCCC[C@H]1O. The van der Waals surface area contributed by atoms with E-state index < -0.39 is 12.2 Å². The Labute approximate surface area is 54.7 Å². The van der Waals surface area contributed by atoms with E-state index in [0.717, 1.165) is 13.0 Å². The van der Waals surface area contributed by atoms with Crippen LogP contribution in [0.1, 0.15) is 12.8 Å². The Morgan fingerprint density at radius 3 is 2.78 bits per heavy atom. The van der Waals surface area contributed by atoms with E-state index in [1.807, 2.05) is 0 Å². The van der Waals surface area contributed by atoms with Gasteiger partial charge in [0.05, 0.1) is 12.2 Å². The molecule has 1 rings (SSSR count). The zero-order valence-electron chi connectivity index (χ0n) is 5.38. The molecule has 9 heavy (non-hydrogen) atoms. The fourth-order valence-electron chi connectivity index (χ4n) is 1.01. The predicted molar refractivity (Wildman–Crippen MR) is 34.1 cm³/mol. The van der Waals surface area contributed by atoms with Crippen LogP contribution in [0.4, 0.5) is 0 Å². The fourth-order valence-corrected chi connectivity index (χ4v) is 1.01. The number of β-amino-alcohol motifs (C(OH)–C–C–N with tert-alkyl or cyclic N) is 1. The summed E-state index contributed by atoms with van der Waals surface area (Å²) >= 11 is 0. The second-order valence-corrected chi connectivity index (χ2v) is 2.48. The van der Waals surface area contributed by atoms with E-state index >= 15 is 0 Å². The van der Waals surface area contributed by atoms with E-state index in [4.69, 9.17) is 10.2 Å². The molecule has 0 saturated carbocycles. The van der Waals surface area contributed by atoms with Gasteiger partial charge in [0.15, 0.2) is 0 Å². The molecule has 1 saturated heterocycles. The Hall–Kier alpha value is -0.120. The summed E-state index contributed by atoms with van der Waals surface area (Å²) < 4.78 is 0. The lowest BCUT2D eigenvalue weighted by atomic mass is 10.1. The average Bonchev–Trinajstić information content (AvgIpc) is 1.99. The standard InChI is InChI=1S/C6H13NO2/c8-5-2-1-3-7-4-6(5)9/h5-9H,1-4H2/t5-,6?/m1/s1. The third-order valence-electron chi connectivity index (χ3n) is 1.65. The smallest absolute Gasteiger partial charge is 0.0923 e. The Balaban J connectivity index is 2.32. The molecule has 0 aromatic carbocycles. The first-order chi connectivity index (χ1) is 4.30. The summed E-state index contributed by atoms with van der Waals surface area (Å²) in [6.45, 7) is 1.44. The second-order valence-electron chi connectivity index (χ2n) is 2.48. The van der Waals surface area contributed by atoms with Crippen LogP contribution in [0.2, 0.25) is 0 Å². The van der Waals surface area contributed by atoms with Crippen molar-refractivity contribution in [3.05, 3.63) is 0 Å². The van der Waals surface area contributed by atoms with Crippen molar-refractivity contribution in [2.24, 2.45) is 0 Å². The molecule has 1 unspecified atom stereocenters. The minimum atomic E-state index is -0.563. The molecule has 3 N–H and O–H groups in total. The molecule has 1 aliphatic rings. The van der Waals surface area contributed by atoms with Gasteiger partial charge in [-0.25, -0.2) is 0 Å². The van der Waals surface area contributed by atoms with Crippen molar-refractivity contribution in [3.8, 4) is 0 Å². The van der Waals surface area contributed by atoms with E-state index in [1.165, 1.54) is 0 Å². The van der Waals surface area contributed by atoms with Gasteiger partial charge in [-0.05, 0) is 19.4 Å². The highest BCUT2D eigenvalue weighted by Gasteiger charge is 2.17. The topological polar surface area (TPSA) is 52.5 Å². The first kappa shape index (κ1) is 6.99. The molecule has 0 aromatic heterocycles. The van der Waals surface area contributed by atoms with Crippen molar-refractivity contribution < 1.29 is 10.2 Å². The molecule has 2 atom stereocenters. The maximum atomic E-state index is 9.07. The lowest BCUT2D eigenvalue weighted by Gasteiger charge is -2.12. The van der Waals surface area contributed by atoms with Crippen LogP contribution in [-0.2, 0) is 0 Å². The summed E-state index contributed by atoms with van der Waals surface area (Å²) in [5.41, 5.74) is 0. The summed E-state index contributed by atoms with van der Waals surface area (Å²) in [6, 6.07) is 0. The molecule has 0 aliphatic carbocycles. The van der Waals surface area contributed by atoms with Crippen LogP contribution < -0.4 is 5.32 Å². The Bertz CT molecular complexity index is 77.1. The summed E-state index contributed by atoms with van der Waals surface area (Å²) in [7, 11) is 0. The molecule has 0 amide bonds. The van der Waals surface area contributed by atoms with Gasteiger partial charge in [0.2, 0.25) is 0 Å². The number of hydrogen-bond donors (Lipinski definition) is 3. The molecule has 1 heterocycles. The summed E-state index contributed by atoms with van der Waals surface area (Å²) in [4.78, 5) is 0. The van der Waals surface area contributed by atoms with Crippen LogP contribution in [0, 0.1) is 0 Å². The van der Waals surface area contributed by atoms with E-state index in [0.29, 0.717) is 13.0 Å². The van der Waals surface area contributed by atoms with Gasteiger partial charge >= 0.3 is 0 Å². The lowest BCUT2D eigenvalue weighted by molar-refractivity contribution is 0.0228. The van der Waals surface area contributed by atoms with Crippen molar-refractivity contribution in [2.45, 2.75) is 25.0 Å². The molecule has 0 bridgehead atoms. The third kappa shape index (κ3) is 1.93. The number of hydrogen-bond acceptors (Lipinski definition) is 3. The Morgan fingerprint density at radius 1 is 1.22 bits per heavy atom. The first-order valence-electron chi connectivity index (χ1n) is 3.37. The van der Waals surface area contributed by atoms with Crippen LogP contribution >= 0.6 is 0 Å². The van der Waals surface area contributed by atoms with Crippen LogP contribution in [0.15, 0.2) is 0 Å². The highest BCUT2D eigenvalue weighted by molar-refractivity contribution is 4.73. The predicted octanol–water partition coefficient (Wildman–Crippen LogP) is -0.908. The van der Waals surface area contributed by atoms with E-state index in [1.54, 1.807) is 0 Å². The zero-order valence-corrected chi connectivity index (χ0v) is 5.38. The second kappa shape index (κ2) is 3.15. The van der Waals surface area contributed by atoms with Gasteiger partial charge in [-0.1, -0.05) is 0 Å². The fraction of sp³-hybridized carbons (Fsp3) is 1.00. The third-order valence-corrected chi connectivity index (χ3v) is 1.65. The lowest BCUT2D eigenvalue weighted by Crippen LogP contribution is -2.32. The quantitative estimate of drug-likeness (QED) is 0.399. The largest absolute Gasteiger partial charge is 0.390 e. The summed E-state index contributed by atoms with van der Waals surface area (Å²) in [6.07, 6.45) is 0.597. The van der Waals surface area contributed by atoms with E-state index in [9.17, 15) is 0 Å². The van der Waals surface area contributed by atoms with Crippen LogP contribution in [-0.4, -0.2) is 35.5 Å². The van der Waals surface area contributed by atoms with Crippen LogP contribution in [0.25, 0.3) is 0 Å². The number of nitrogens with one attached hydrogen (secondary N) is 1. The first-order valence-corrected chi connectivity index (χ1v) is 3.37. The van der Waals surface area contributed by atoms with Crippen molar-refractivity contribution in [2.75, 3.05) is 13.1 Å². The monoisotopic (exact) mass is 131 g/mol. The molecule has 1 aliphatic heterocycles. The Morgan fingerprint density at radius 2 is 2.00 bits per heavy atom. The highest BCUT2D eigenvalue weighted by Crippen LogP contribution is 2.04. The molecule has 0 spiro atoms. The van der Waals surface area contributed by atoms with Crippen molar-refractivity contribution in [1.29, 1.82) is 0 Å². The maximum Gasteiger partial charge on any atom is 0.0923 e. The number of aliphatic hydroxyl groups is 2. The molecular weight excluding hydrogens is 118 g/mol. The average molecular weight is 131 g/mol. The molecule has 3 nitrogen and oxygen atoms in total. The maximum absolute atomic E-state index is 9.07. The Kier molecular flexibility index (Phi) is 2.45. The number of rotatable bonds is 0. The molecule has 3 heteroatoms. The van der Waals surface area contributed by atoms with Crippen molar-refractivity contribution in [3.63, 3.8) is 0 Å². The summed E-state index contributed by atoms with van der Waals surface area (Å²) in [5, 5.41) is 21.1. The van der Waals surface area contributed by atoms with Gasteiger partial charge < -0.3 is 15.5 Å². The van der Waals surface area contributed by atoms with Gasteiger partial charge in [-0.3, -0.25) is 0 Å². The van der Waals surface area contributed by atoms with Gasteiger partial charge in [0.25, 0.3) is 0 Å². The summed E-state index contributed by atoms with van der Waals surface area (Å²) in [5.74, 6) is 0. The van der Waals surface area contributed by atoms with Gasteiger partial charge in [-0.2, -0.15) is 0 Å². The molecule has 54 valence electrons. The van der Waals surface area contributed by atoms with Crippen molar-refractivity contribution in [1.82, 2.24) is 5.32 Å². The minimum absolute atomic E-state index is 0.514. The van der Waals surface area contributed by atoms with Gasteiger partial charge in [0.1, 0.15) is 0 Å². The van der Waals surface area contributed by atoms with Gasteiger partial charge in [0, 0.05) is 6.54 Å². The van der Waals surface area contributed by atoms with Crippen LogP contribution in [0.5, 0.6) is 0 Å². The van der Waals surface area contributed by atoms with Crippen molar-refractivity contribution >= 4 is 0 Å². The number of aliphatic hydroxyl groups excluding tert-OH is 2.